The Balaban J connectivity index is 3.39. The summed E-state index contributed by atoms with van der Waals surface area (Å²) in [5.41, 5.74) is -1.19. The number of aliphatic carboxylic acids is 1. The van der Waals surface area contributed by atoms with Crippen LogP contribution in [0, 0.1) is 27.3 Å². The van der Waals surface area contributed by atoms with E-state index in [0.717, 1.165) is 0 Å². The Kier molecular flexibility index (Phi) is 3.60. The molecular formula is C9H4ClFN2O4. The second-order valence-electron chi connectivity index (χ2n) is 2.98. The van der Waals surface area contributed by atoms with Gasteiger partial charge in [0.2, 0.25) is 5.82 Å². The Morgan fingerprint density at radius 1 is 1.65 bits per heavy atom. The molecule has 0 radical (unpaired) electrons. The summed E-state index contributed by atoms with van der Waals surface area (Å²) in [5, 5.41) is 27.3. The summed E-state index contributed by atoms with van der Waals surface area (Å²) in [7, 11) is 0. The maximum atomic E-state index is 13.2. The predicted octanol–water partition coefficient (Wildman–Crippen LogP) is 2.08. The van der Waals surface area contributed by atoms with Crippen molar-refractivity contribution >= 4 is 23.3 Å². The number of carboxylic acid groups (broad SMARTS) is 1. The number of benzene rings is 1. The molecule has 88 valence electrons. The van der Waals surface area contributed by atoms with E-state index in [0.29, 0.717) is 12.1 Å². The van der Waals surface area contributed by atoms with Crippen molar-refractivity contribution in [3.05, 3.63) is 38.7 Å². The predicted molar refractivity (Wildman–Crippen MR) is 54.1 cm³/mol. The summed E-state index contributed by atoms with van der Waals surface area (Å²) in [6, 6.07) is 2.68. The maximum absolute atomic E-state index is 13.2. The van der Waals surface area contributed by atoms with Crippen LogP contribution in [-0.4, -0.2) is 16.0 Å². The number of nitro benzene ring substituents is 1. The van der Waals surface area contributed by atoms with Crippen LogP contribution in [0.4, 0.5) is 10.1 Å². The van der Waals surface area contributed by atoms with E-state index in [1.807, 2.05) is 0 Å². The molecule has 1 aromatic carbocycles. The molecule has 0 saturated carbocycles. The Morgan fingerprint density at radius 2 is 2.24 bits per heavy atom. The van der Waals surface area contributed by atoms with E-state index < -0.39 is 28.3 Å². The summed E-state index contributed by atoms with van der Waals surface area (Å²) < 4.78 is 13.2. The summed E-state index contributed by atoms with van der Waals surface area (Å²) in [6.45, 7) is 0. The number of nitrogens with zero attached hydrogens (tertiary/aromatic N) is 2. The molecule has 1 rings (SSSR count). The van der Waals surface area contributed by atoms with Gasteiger partial charge < -0.3 is 5.11 Å². The first kappa shape index (κ1) is 12.9. The first-order valence-corrected chi connectivity index (χ1v) is 4.52. The minimum Gasteiger partial charge on any atom is -0.480 e. The number of rotatable bonds is 3. The molecule has 0 heterocycles. The van der Waals surface area contributed by atoms with Gasteiger partial charge in [0.1, 0.15) is 0 Å². The molecule has 17 heavy (non-hydrogen) atoms. The van der Waals surface area contributed by atoms with Crippen LogP contribution < -0.4 is 0 Å². The SMILES string of the molecule is N#CC(C(=O)O)c1cc(F)c([N+](=O)[O-])cc1Cl. The quantitative estimate of drug-likeness (QED) is 0.660. The van der Waals surface area contributed by atoms with E-state index in [9.17, 15) is 19.3 Å². The fraction of sp³-hybridized carbons (Fsp3) is 0.111. The third-order valence-electron chi connectivity index (χ3n) is 1.95. The van der Waals surface area contributed by atoms with Crippen molar-refractivity contribution in [2.45, 2.75) is 5.92 Å². The normalized spacial score (nSPS) is 11.6. The van der Waals surface area contributed by atoms with Gasteiger partial charge in [0, 0.05) is 11.6 Å². The standard InChI is InChI=1S/C9H4ClFN2O4/c10-6-2-8(13(16)17)7(11)1-4(6)5(3-12)9(14)15/h1-2,5H,(H,14,15). The molecule has 1 unspecified atom stereocenters. The highest BCUT2D eigenvalue weighted by molar-refractivity contribution is 6.32. The summed E-state index contributed by atoms with van der Waals surface area (Å²) >= 11 is 5.58. The third-order valence-corrected chi connectivity index (χ3v) is 2.28. The van der Waals surface area contributed by atoms with Crippen molar-refractivity contribution in [1.29, 1.82) is 5.26 Å². The zero-order valence-electron chi connectivity index (χ0n) is 8.05. The fourth-order valence-corrected chi connectivity index (χ4v) is 1.44. The van der Waals surface area contributed by atoms with Gasteiger partial charge >= 0.3 is 11.7 Å². The lowest BCUT2D eigenvalue weighted by molar-refractivity contribution is -0.387. The topological polar surface area (TPSA) is 104 Å². The number of nitro groups is 1. The van der Waals surface area contributed by atoms with Crippen LogP contribution in [0.3, 0.4) is 0 Å². The van der Waals surface area contributed by atoms with Gasteiger partial charge in [-0.15, -0.1) is 0 Å². The molecular weight excluding hydrogens is 255 g/mol. The largest absolute Gasteiger partial charge is 0.480 e. The highest BCUT2D eigenvalue weighted by atomic mass is 35.5. The van der Waals surface area contributed by atoms with Gasteiger partial charge in [0.25, 0.3) is 0 Å². The molecule has 0 bridgehead atoms. The lowest BCUT2D eigenvalue weighted by Crippen LogP contribution is -2.10. The minimum absolute atomic E-state index is 0.315. The lowest BCUT2D eigenvalue weighted by Gasteiger charge is -2.06. The molecule has 0 aliphatic rings. The average Bonchev–Trinajstić information content (AvgIpc) is 2.22. The Hall–Kier alpha value is -2.20. The first-order chi connectivity index (χ1) is 7.88. The van der Waals surface area contributed by atoms with Crippen molar-refractivity contribution in [3.8, 4) is 6.07 Å². The number of carboxylic acids is 1. The van der Waals surface area contributed by atoms with E-state index in [-0.39, 0.29) is 10.6 Å². The van der Waals surface area contributed by atoms with E-state index >= 15 is 0 Å². The maximum Gasteiger partial charge on any atom is 0.325 e. The summed E-state index contributed by atoms with van der Waals surface area (Å²) in [4.78, 5) is 20.1. The monoisotopic (exact) mass is 258 g/mol. The van der Waals surface area contributed by atoms with Gasteiger partial charge in [0.05, 0.1) is 16.0 Å². The van der Waals surface area contributed by atoms with Gasteiger partial charge in [-0.25, -0.2) is 0 Å². The van der Waals surface area contributed by atoms with E-state index in [2.05, 4.69) is 0 Å². The van der Waals surface area contributed by atoms with Crippen molar-refractivity contribution in [2.75, 3.05) is 0 Å². The number of hydrogen-bond acceptors (Lipinski definition) is 4. The molecule has 1 N–H and O–H groups in total. The Bertz CT molecular complexity index is 541. The molecule has 0 aliphatic heterocycles. The van der Waals surface area contributed by atoms with E-state index in [1.165, 1.54) is 6.07 Å². The number of halogens is 2. The summed E-state index contributed by atoms with van der Waals surface area (Å²) in [5.74, 6) is -4.42. The Labute approximate surface area is 99.0 Å². The average molecular weight is 259 g/mol. The molecule has 0 saturated heterocycles. The van der Waals surface area contributed by atoms with Crippen LogP contribution in [0.25, 0.3) is 0 Å². The van der Waals surface area contributed by atoms with Crippen LogP contribution in [0.5, 0.6) is 0 Å². The van der Waals surface area contributed by atoms with Crippen molar-refractivity contribution in [2.24, 2.45) is 0 Å². The van der Waals surface area contributed by atoms with Crippen molar-refractivity contribution < 1.29 is 19.2 Å². The van der Waals surface area contributed by atoms with Gasteiger partial charge in [-0.3, -0.25) is 14.9 Å². The number of carbonyl (C=O) groups is 1. The van der Waals surface area contributed by atoms with Crippen molar-refractivity contribution in [1.82, 2.24) is 0 Å². The van der Waals surface area contributed by atoms with Crippen LogP contribution >= 0.6 is 11.6 Å². The van der Waals surface area contributed by atoms with Crippen LogP contribution in [0.2, 0.25) is 5.02 Å². The van der Waals surface area contributed by atoms with Crippen LogP contribution in [-0.2, 0) is 4.79 Å². The molecule has 8 heteroatoms. The molecule has 0 amide bonds. The van der Waals surface area contributed by atoms with Crippen LogP contribution in [0.15, 0.2) is 12.1 Å². The first-order valence-electron chi connectivity index (χ1n) is 4.14. The smallest absolute Gasteiger partial charge is 0.325 e. The molecule has 0 spiro atoms. The molecule has 6 nitrogen and oxygen atoms in total. The minimum atomic E-state index is -1.67. The van der Waals surface area contributed by atoms with Gasteiger partial charge in [-0.1, -0.05) is 11.6 Å². The molecule has 0 aromatic heterocycles. The zero-order chi connectivity index (χ0) is 13.2. The second kappa shape index (κ2) is 4.76. The van der Waals surface area contributed by atoms with Gasteiger partial charge in [0.15, 0.2) is 5.92 Å². The Morgan fingerprint density at radius 3 is 2.65 bits per heavy atom. The number of nitriles is 1. The van der Waals surface area contributed by atoms with Crippen molar-refractivity contribution in [3.63, 3.8) is 0 Å². The highest BCUT2D eigenvalue weighted by Gasteiger charge is 2.26. The van der Waals surface area contributed by atoms with E-state index in [1.54, 1.807) is 0 Å². The van der Waals surface area contributed by atoms with E-state index in [4.69, 9.17) is 22.0 Å². The fourth-order valence-electron chi connectivity index (χ4n) is 1.17. The highest BCUT2D eigenvalue weighted by Crippen LogP contribution is 2.30. The summed E-state index contributed by atoms with van der Waals surface area (Å²) in [6.07, 6.45) is 0. The lowest BCUT2D eigenvalue weighted by atomic mass is 10.0. The molecule has 1 aromatic rings. The van der Waals surface area contributed by atoms with Crippen LogP contribution in [0.1, 0.15) is 11.5 Å². The molecule has 1 atom stereocenters. The zero-order valence-corrected chi connectivity index (χ0v) is 8.81. The molecule has 0 aliphatic carbocycles. The molecule has 0 fully saturated rings. The third kappa shape index (κ3) is 2.49. The van der Waals surface area contributed by atoms with Gasteiger partial charge in [-0.2, -0.15) is 9.65 Å². The van der Waals surface area contributed by atoms with Gasteiger partial charge in [-0.05, 0) is 6.07 Å². The second-order valence-corrected chi connectivity index (χ2v) is 3.39. The number of hydrogen-bond donors (Lipinski definition) is 1.